The predicted octanol–water partition coefficient (Wildman–Crippen LogP) is 4.79. The summed E-state index contributed by atoms with van der Waals surface area (Å²) in [7, 11) is 0. The van der Waals surface area contributed by atoms with Crippen LogP contribution in [0.1, 0.15) is 39.5 Å². The third-order valence-corrected chi connectivity index (χ3v) is 4.36. The smallest absolute Gasteiger partial charge is 0.389 e. The Kier molecular flexibility index (Phi) is 8.64. The highest BCUT2D eigenvalue weighted by Crippen LogP contribution is 2.26. The summed E-state index contributed by atoms with van der Waals surface area (Å²) in [6.07, 6.45) is 0.0878. The number of hydrogen-bond acceptors (Lipinski definition) is 5. The molecule has 0 aliphatic heterocycles. The SMILES string of the molecule is CCN(C(=O)CC/C(C)=N/OCCCC(F)(F)F)c1cn(-c2cccnc2)nc1Cl. The van der Waals surface area contributed by atoms with Crippen molar-refractivity contribution in [2.45, 2.75) is 45.7 Å². The molecular weight excluding hydrogens is 423 g/mol. The first-order valence-corrected chi connectivity index (χ1v) is 9.77. The average molecular weight is 446 g/mol. The second-order valence-electron chi connectivity index (χ2n) is 6.48. The summed E-state index contributed by atoms with van der Waals surface area (Å²) in [5, 5.41) is 8.18. The number of alkyl halides is 3. The van der Waals surface area contributed by atoms with Crippen LogP contribution in [0, 0.1) is 0 Å². The third kappa shape index (κ3) is 7.33. The van der Waals surface area contributed by atoms with Crippen molar-refractivity contribution >= 4 is 28.9 Å². The molecule has 7 nitrogen and oxygen atoms in total. The fourth-order valence-electron chi connectivity index (χ4n) is 2.59. The quantitative estimate of drug-likeness (QED) is 0.299. The largest absolute Gasteiger partial charge is 0.396 e. The first-order valence-electron chi connectivity index (χ1n) is 9.39. The number of anilines is 1. The van der Waals surface area contributed by atoms with Gasteiger partial charge in [-0.05, 0) is 38.8 Å². The summed E-state index contributed by atoms with van der Waals surface area (Å²) in [5.74, 6) is -0.184. The standard InChI is InChI=1S/C19H23ClF3N5O2/c1-3-27(16-13-28(25-18(16)20)15-6-4-10-24-12-15)17(29)8-7-14(2)26-30-11-5-9-19(21,22)23/h4,6,10,12-13H,3,5,7-9,11H2,1-2H3/b26-14+. The van der Waals surface area contributed by atoms with E-state index < -0.39 is 12.6 Å². The third-order valence-electron chi connectivity index (χ3n) is 4.09. The lowest BCUT2D eigenvalue weighted by molar-refractivity contribution is -0.137. The maximum absolute atomic E-state index is 12.7. The van der Waals surface area contributed by atoms with Crippen LogP contribution in [0.2, 0.25) is 5.15 Å². The number of nitrogens with zero attached hydrogens (tertiary/aromatic N) is 5. The average Bonchev–Trinajstić information content (AvgIpc) is 3.08. The van der Waals surface area contributed by atoms with Crippen molar-refractivity contribution in [3.8, 4) is 5.69 Å². The zero-order valence-corrected chi connectivity index (χ0v) is 17.4. The Morgan fingerprint density at radius 3 is 2.77 bits per heavy atom. The molecule has 0 atom stereocenters. The van der Waals surface area contributed by atoms with E-state index in [1.165, 1.54) is 4.90 Å². The second kappa shape index (κ2) is 11.0. The summed E-state index contributed by atoms with van der Waals surface area (Å²) >= 11 is 6.24. The zero-order valence-electron chi connectivity index (χ0n) is 16.7. The normalized spacial score (nSPS) is 12.1. The lowest BCUT2D eigenvalue weighted by atomic mass is 10.2. The number of rotatable bonds is 10. The van der Waals surface area contributed by atoms with Gasteiger partial charge in [-0.3, -0.25) is 9.78 Å². The van der Waals surface area contributed by atoms with Gasteiger partial charge in [0.05, 0.1) is 23.8 Å². The molecule has 0 saturated carbocycles. The summed E-state index contributed by atoms with van der Waals surface area (Å²) in [6.45, 7) is 3.73. The second-order valence-corrected chi connectivity index (χ2v) is 6.84. The van der Waals surface area contributed by atoms with Crippen LogP contribution >= 0.6 is 11.6 Å². The molecule has 1 amide bonds. The molecule has 2 aromatic heterocycles. The molecule has 0 N–H and O–H groups in total. The number of pyridine rings is 1. The molecule has 0 aliphatic carbocycles. The van der Waals surface area contributed by atoms with E-state index in [1.54, 1.807) is 36.3 Å². The summed E-state index contributed by atoms with van der Waals surface area (Å²) in [4.78, 5) is 23.1. The van der Waals surface area contributed by atoms with E-state index >= 15 is 0 Å². The molecule has 0 spiro atoms. The van der Waals surface area contributed by atoms with Crippen molar-refractivity contribution in [2.24, 2.45) is 5.16 Å². The Bertz CT molecular complexity index is 856. The minimum atomic E-state index is -4.20. The maximum Gasteiger partial charge on any atom is 0.389 e. The molecule has 0 bridgehead atoms. The minimum absolute atomic E-state index is 0.130. The van der Waals surface area contributed by atoms with Crippen LogP contribution in [0.4, 0.5) is 18.9 Å². The van der Waals surface area contributed by atoms with Crippen molar-refractivity contribution < 1.29 is 22.8 Å². The van der Waals surface area contributed by atoms with E-state index in [4.69, 9.17) is 16.4 Å². The van der Waals surface area contributed by atoms with Crippen LogP contribution in [0.5, 0.6) is 0 Å². The van der Waals surface area contributed by atoms with Crippen LogP contribution in [0.25, 0.3) is 5.69 Å². The van der Waals surface area contributed by atoms with E-state index in [2.05, 4.69) is 15.2 Å². The van der Waals surface area contributed by atoms with Crippen LogP contribution in [-0.4, -0.2) is 45.7 Å². The first-order chi connectivity index (χ1) is 14.2. The van der Waals surface area contributed by atoms with Crippen molar-refractivity contribution in [1.29, 1.82) is 0 Å². The highest BCUT2D eigenvalue weighted by molar-refractivity contribution is 6.32. The molecule has 2 rings (SSSR count). The highest BCUT2D eigenvalue weighted by atomic mass is 35.5. The molecule has 2 heterocycles. The van der Waals surface area contributed by atoms with E-state index in [9.17, 15) is 18.0 Å². The molecule has 30 heavy (non-hydrogen) atoms. The van der Waals surface area contributed by atoms with Gasteiger partial charge in [0, 0.05) is 25.6 Å². The topological polar surface area (TPSA) is 72.6 Å². The van der Waals surface area contributed by atoms with Gasteiger partial charge in [-0.25, -0.2) is 4.68 Å². The van der Waals surface area contributed by atoms with Crippen molar-refractivity contribution in [2.75, 3.05) is 18.1 Å². The molecule has 0 fully saturated rings. The molecule has 11 heteroatoms. The van der Waals surface area contributed by atoms with Gasteiger partial charge in [0.15, 0.2) is 5.15 Å². The number of hydrogen-bond donors (Lipinski definition) is 0. The molecule has 2 aromatic rings. The van der Waals surface area contributed by atoms with Gasteiger partial charge in [-0.15, -0.1) is 0 Å². The van der Waals surface area contributed by atoms with Crippen LogP contribution in [0.3, 0.4) is 0 Å². The van der Waals surface area contributed by atoms with Crippen molar-refractivity contribution in [3.63, 3.8) is 0 Å². The molecule has 0 aromatic carbocycles. The zero-order chi connectivity index (χ0) is 22.1. The lowest BCUT2D eigenvalue weighted by Crippen LogP contribution is -2.30. The monoisotopic (exact) mass is 445 g/mol. The number of oxime groups is 1. The van der Waals surface area contributed by atoms with E-state index in [1.807, 2.05) is 13.0 Å². The van der Waals surface area contributed by atoms with Gasteiger partial charge in [0.1, 0.15) is 12.3 Å². The van der Waals surface area contributed by atoms with Gasteiger partial charge < -0.3 is 9.74 Å². The van der Waals surface area contributed by atoms with Gasteiger partial charge in [0.25, 0.3) is 0 Å². The Balaban J connectivity index is 1.91. The Morgan fingerprint density at radius 1 is 1.37 bits per heavy atom. The highest BCUT2D eigenvalue weighted by Gasteiger charge is 2.26. The number of amides is 1. The molecule has 0 aliphatic rings. The molecule has 164 valence electrons. The minimum Gasteiger partial charge on any atom is -0.396 e. The molecule has 0 saturated heterocycles. The molecule has 0 radical (unpaired) electrons. The van der Waals surface area contributed by atoms with Gasteiger partial charge in [0.2, 0.25) is 5.91 Å². The summed E-state index contributed by atoms with van der Waals surface area (Å²) in [6, 6.07) is 3.58. The number of carbonyl (C=O) groups is 1. The molecular formula is C19H23ClF3N5O2. The van der Waals surface area contributed by atoms with Crippen LogP contribution in [0.15, 0.2) is 35.9 Å². The first kappa shape index (κ1) is 23.7. The van der Waals surface area contributed by atoms with E-state index in [0.717, 1.165) is 0 Å². The fraction of sp³-hybridized carbons (Fsp3) is 0.474. The van der Waals surface area contributed by atoms with Crippen molar-refractivity contribution in [3.05, 3.63) is 35.9 Å². The van der Waals surface area contributed by atoms with Gasteiger partial charge in [-0.2, -0.15) is 18.3 Å². The maximum atomic E-state index is 12.7. The van der Waals surface area contributed by atoms with Crippen LogP contribution in [-0.2, 0) is 9.63 Å². The summed E-state index contributed by atoms with van der Waals surface area (Å²) in [5.41, 5.74) is 1.70. The number of carbonyl (C=O) groups excluding carboxylic acids is 1. The van der Waals surface area contributed by atoms with Gasteiger partial charge in [-0.1, -0.05) is 16.8 Å². The Labute approximate surface area is 177 Å². The Morgan fingerprint density at radius 2 is 2.13 bits per heavy atom. The number of halogens is 4. The number of aromatic nitrogens is 3. The Hall–Kier alpha value is -2.62. The lowest BCUT2D eigenvalue weighted by Gasteiger charge is -2.19. The fourth-order valence-corrected chi connectivity index (χ4v) is 2.82. The van der Waals surface area contributed by atoms with E-state index in [-0.39, 0.29) is 30.5 Å². The predicted molar refractivity (Wildman–Crippen MR) is 108 cm³/mol. The van der Waals surface area contributed by atoms with Crippen LogP contribution < -0.4 is 4.90 Å². The van der Waals surface area contributed by atoms with Crippen molar-refractivity contribution in [1.82, 2.24) is 14.8 Å². The van der Waals surface area contributed by atoms with Gasteiger partial charge >= 0.3 is 6.18 Å². The summed E-state index contributed by atoms with van der Waals surface area (Å²) < 4.78 is 37.8. The molecule has 0 unspecified atom stereocenters. The van der Waals surface area contributed by atoms with E-state index in [0.29, 0.717) is 30.1 Å².